The minimum atomic E-state index is -0.453. The molecule has 1 atom stereocenters. The van der Waals surface area contributed by atoms with Crippen LogP contribution in [0.2, 0.25) is 5.02 Å². The van der Waals surface area contributed by atoms with E-state index in [0.717, 1.165) is 22.6 Å². The van der Waals surface area contributed by atoms with Crippen molar-refractivity contribution in [1.82, 2.24) is 5.32 Å². The van der Waals surface area contributed by atoms with E-state index in [1.165, 1.54) is 0 Å². The monoisotopic (exact) mass is 403 g/mol. The van der Waals surface area contributed by atoms with E-state index >= 15 is 0 Å². The summed E-state index contributed by atoms with van der Waals surface area (Å²) < 4.78 is 16.0. The lowest BCUT2D eigenvalue weighted by Crippen LogP contribution is -2.34. The predicted octanol–water partition coefficient (Wildman–Crippen LogP) is 2.80. The molecule has 1 N–H and O–H groups in total. The number of hydrogen-bond acceptors (Lipinski definition) is 5. The van der Waals surface area contributed by atoms with Gasteiger partial charge in [-0.25, -0.2) is 0 Å². The Bertz CT molecular complexity index is 854. The first-order valence-corrected chi connectivity index (χ1v) is 9.41. The molecule has 0 unspecified atom stereocenters. The van der Waals surface area contributed by atoms with Crippen molar-refractivity contribution in [2.24, 2.45) is 5.92 Å². The van der Waals surface area contributed by atoms with Crippen LogP contribution >= 0.6 is 11.6 Å². The fraction of sp³-hybridized carbons (Fsp3) is 0.333. The second kappa shape index (κ2) is 9.46. The fourth-order valence-corrected chi connectivity index (χ4v) is 3.26. The number of amides is 1. The fourth-order valence-electron chi connectivity index (χ4n) is 3.07. The molecule has 28 heavy (non-hydrogen) atoms. The molecular weight excluding hydrogens is 382 g/mol. The molecule has 0 spiro atoms. The van der Waals surface area contributed by atoms with Crippen molar-refractivity contribution in [3.8, 4) is 11.5 Å². The molecule has 1 aliphatic rings. The van der Waals surface area contributed by atoms with Crippen LogP contribution in [0.1, 0.15) is 11.1 Å². The zero-order valence-electron chi connectivity index (χ0n) is 15.6. The summed E-state index contributed by atoms with van der Waals surface area (Å²) in [5, 5.41) is 3.33. The minimum absolute atomic E-state index is 0.225. The number of rotatable bonds is 7. The summed E-state index contributed by atoms with van der Waals surface area (Å²) in [5.74, 6) is 0.254. The molecule has 0 saturated carbocycles. The predicted molar refractivity (Wildman–Crippen MR) is 105 cm³/mol. The smallest absolute Gasteiger partial charge is 0.313 e. The largest absolute Gasteiger partial charge is 0.496 e. The third-order valence-electron chi connectivity index (χ3n) is 4.52. The summed E-state index contributed by atoms with van der Waals surface area (Å²) in [6, 6.07) is 12.9. The molecule has 6 nitrogen and oxygen atoms in total. The van der Waals surface area contributed by atoms with Crippen molar-refractivity contribution in [2.75, 3.05) is 26.9 Å². The lowest BCUT2D eigenvalue weighted by Gasteiger charge is -2.24. The van der Waals surface area contributed by atoms with Crippen LogP contribution in [0.15, 0.2) is 42.5 Å². The maximum absolute atomic E-state index is 12.2. The van der Waals surface area contributed by atoms with Crippen LogP contribution in [0.25, 0.3) is 0 Å². The van der Waals surface area contributed by atoms with Gasteiger partial charge in [-0.3, -0.25) is 9.59 Å². The Morgan fingerprint density at radius 1 is 1.25 bits per heavy atom. The summed E-state index contributed by atoms with van der Waals surface area (Å²) in [5.41, 5.74) is 1.86. The van der Waals surface area contributed by atoms with Gasteiger partial charge in [-0.15, -0.1) is 0 Å². The summed E-state index contributed by atoms with van der Waals surface area (Å²) in [7, 11) is 1.61. The average Bonchev–Trinajstić information content (AvgIpc) is 2.71. The van der Waals surface area contributed by atoms with E-state index < -0.39 is 11.9 Å². The highest BCUT2D eigenvalue weighted by molar-refractivity contribution is 6.30. The molecule has 0 aromatic heterocycles. The Balaban J connectivity index is 1.41. The van der Waals surface area contributed by atoms with E-state index in [0.29, 0.717) is 24.4 Å². The Labute approximate surface area is 168 Å². The van der Waals surface area contributed by atoms with Gasteiger partial charge in [0.1, 0.15) is 18.1 Å². The van der Waals surface area contributed by atoms with E-state index in [2.05, 4.69) is 5.32 Å². The Morgan fingerprint density at radius 2 is 2.07 bits per heavy atom. The summed E-state index contributed by atoms with van der Waals surface area (Å²) in [6.07, 6.45) is 1.10. The van der Waals surface area contributed by atoms with Gasteiger partial charge in [0.05, 0.1) is 13.0 Å². The molecule has 2 aromatic rings. The summed E-state index contributed by atoms with van der Waals surface area (Å²) in [4.78, 5) is 24.2. The van der Waals surface area contributed by atoms with Crippen LogP contribution in [0.3, 0.4) is 0 Å². The van der Waals surface area contributed by atoms with Crippen LogP contribution in [0.4, 0.5) is 0 Å². The van der Waals surface area contributed by atoms with Crippen molar-refractivity contribution in [3.05, 3.63) is 58.6 Å². The molecule has 0 bridgehead atoms. The van der Waals surface area contributed by atoms with Gasteiger partial charge in [-0.05, 0) is 48.2 Å². The Kier molecular flexibility index (Phi) is 6.76. The Hall–Kier alpha value is -2.73. The number of fused-ring (bicyclic) bond motifs is 1. The first-order valence-electron chi connectivity index (χ1n) is 9.03. The van der Waals surface area contributed by atoms with Crippen molar-refractivity contribution < 1.29 is 23.8 Å². The maximum atomic E-state index is 12.2. The number of nitrogens with one attached hydrogen (secondary N) is 1. The lowest BCUT2D eigenvalue weighted by atomic mass is 9.97. The molecule has 3 rings (SSSR count). The minimum Gasteiger partial charge on any atom is -0.496 e. The molecule has 0 saturated heterocycles. The van der Waals surface area contributed by atoms with Crippen LogP contribution < -0.4 is 14.8 Å². The normalized spacial score (nSPS) is 15.1. The molecule has 0 fully saturated rings. The topological polar surface area (TPSA) is 73.9 Å². The SMILES string of the molecule is COc1ccccc1CCNC(=O)COC(=O)[C@H]1COc2ccc(Cl)cc2C1. The van der Waals surface area contributed by atoms with Gasteiger partial charge in [0.25, 0.3) is 5.91 Å². The van der Waals surface area contributed by atoms with Crippen molar-refractivity contribution in [1.29, 1.82) is 0 Å². The number of ether oxygens (including phenoxy) is 3. The van der Waals surface area contributed by atoms with Crippen LogP contribution in [-0.2, 0) is 27.2 Å². The van der Waals surface area contributed by atoms with Gasteiger partial charge in [0, 0.05) is 11.6 Å². The van der Waals surface area contributed by atoms with Gasteiger partial charge in [0.15, 0.2) is 6.61 Å². The molecule has 1 amide bonds. The van der Waals surface area contributed by atoms with Gasteiger partial charge in [0.2, 0.25) is 0 Å². The van der Waals surface area contributed by atoms with E-state index in [-0.39, 0.29) is 19.1 Å². The molecule has 7 heteroatoms. The van der Waals surface area contributed by atoms with Crippen LogP contribution in [0, 0.1) is 5.92 Å². The zero-order chi connectivity index (χ0) is 19.9. The van der Waals surface area contributed by atoms with Crippen LogP contribution in [-0.4, -0.2) is 38.7 Å². The number of esters is 1. The van der Waals surface area contributed by atoms with Gasteiger partial charge in [-0.2, -0.15) is 0 Å². The third kappa shape index (κ3) is 5.16. The van der Waals surface area contributed by atoms with E-state index in [4.69, 9.17) is 25.8 Å². The number of halogens is 1. The second-order valence-electron chi connectivity index (χ2n) is 6.48. The van der Waals surface area contributed by atoms with Gasteiger partial charge in [-0.1, -0.05) is 29.8 Å². The van der Waals surface area contributed by atoms with Crippen molar-refractivity contribution in [3.63, 3.8) is 0 Å². The van der Waals surface area contributed by atoms with Crippen molar-refractivity contribution in [2.45, 2.75) is 12.8 Å². The molecule has 148 valence electrons. The second-order valence-corrected chi connectivity index (χ2v) is 6.92. The number of para-hydroxylation sites is 1. The highest BCUT2D eigenvalue weighted by Crippen LogP contribution is 2.30. The lowest BCUT2D eigenvalue weighted by molar-refractivity contribution is -0.153. The number of hydrogen-bond donors (Lipinski definition) is 1. The molecule has 0 radical (unpaired) electrons. The summed E-state index contributed by atoms with van der Waals surface area (Å²) >= 11 is 5.99. The van der Waals surface area contributed by atoms with E-state index in [9.17, 15) is 9.59 Å². The number of carbonyl (C=O) groups is 2. The number of carbonyl (C=O) groups excluding carboxylic acids is 2. The van der Waals surface area contributed by atoms with Crippen molar-refractivity contribution >= 4 is 23.5 Å². The summed E-state index contributed by atoms with van der Waals surface area (Å²) in [6.45, 7) is 0.335. The zero-order valence-corrected chi connectivity index (χ0v) is 16.3. The van der Waals surface area contributed by atoms with E-state index in [1.807, 2.05) is 24.3 Å². The van der Waals surface area contributed by atoms with Gasteiger partial charge < -0.3 is 19.5 Å². The quantitative estimate of drug-likeness (QED) is 0.719. The Morgan fingerprint density at radius 3 is 2.89 bits per heavy atom. The van der Waals surface area contributed by atoms with E-state index in [1.54, 1.807) is 25.3 Å². The number of benzene rings is 2. The molecule has 2 aromatic carbocycles. The standard InChI is InChI=1S/C21H22ClNO5/c1-26-18-5-3-2-4-14(18)8-9-23-20(24)13-28-21(25)16-10-15-11-17(22)6-7-19(15)27-12-16/h2-7,11,16H,8-10,12-13H2,1H3,(H,23,24)/t16-/m1/s1. The molecular formula is C21H22ClNO5. The third-order valence-corrected chi connectivity index (χ3v) is 4.75. The molecule has 0 aliphatic carbocycles. The average molecular weight is 404 g/mol. The first-order chi connectivity index (χ1) is 13.6. The highest BCUT2D eigenvalue weighted by atomic mass is 35.5. The van der Waals surface area contributed by atoms with Crippen LogP contribution in [0.5, 0.6) is 11.5 Å². The van der Waals surface area contributed by atoms with Gasteiger partial charge >= 0.3 is 5.97 Å². The highest BCUT2D eigenvalue weighted by Gasteiger charge is 2.27. The molecule has 1 aliphatic heterocycles. The first kappa shape index (κ1) is 20.0. The number of methoxy groups -OCH3 is 1. The maximum Gasteiger partial charge on any atom is 0.313 e. The molecule has 1 heterocycles.